The Labute approximate surface area is 204 Å². The molecule has 1 aliphatic carbocycles. The predicted molar refractivity (Wildman–Crippen MR) is 125 cm³/mol. The number of nitrogens with zero attached hydrogens (tertiary/aromatic N) is 1. The van der Waals surface area contributed by atoms with Gasteiger partial charge in [-0.2, -0.15) is 5.26 Å². The first kappa shape index (κ1) is 24.2. The molecule has 2 aromatic carbocycles. The molecule has 4 N–H and O–H groups in total. The van der Waals surface area contributed by atoms with Crippen molar-refractivity contribution in [2.75, 3.05) is 19.8 Å². The lowest BCUT2D eigenvalue weighted by atomic mass is 9.88. The molecule has 2 heterocycles. The van der Waals surface area contributed by atoms with E-state index in [1.807, 2.05) is 0 Å². The number of nitriles is 1. The predicted octanol–water partition coefficient (Wildman–Crippen LogP) is 1.71. The molecule has 35 heavy (non-hydrogen) atoms. The molecule has 5 rings (SSSR count). The smallest absolute Gasteiger partial charge is 0.127 e. The normalized spacial score (nSPS) is 30.7. The molecule has 8 nitrogen and oxygen atoms in total. The molecule has 1 saturated carbocycles. The molecular formula is C27H31NO7. The molecule has 0 aromatic heterocycles. The van der Waals surface area contributed by atoms with Gasteiger partial charge in [0.2, 0.25) is 0 Å². The highest BCUT2D eigenvalue weighted by molar-refractivity contribution is 5.51. The highest BCUT2D eigenvalue weighted by Gasteiger charge is 2.45. The summed E-state index contributed by atoms with van der Waals surface area (Å²) in [7, 11) is 0. The molecule has 1 unspecified atom stereocenters. The minimum absolute atomic E-state index is 0.217. The molecular weight excluding hydrogens is 450 g/mol. The highest BCUT2D eigenvalue weighted by atomic mass is 16.6. The maximum absolute atomic E-state index is 10.8. The molecule has 2 aromatic rings. The summed E-state index contributed by atoms with van der Waals surface area (Å²) >= 11 is 0. The molecule has 2 saturated heterocycles. The summed E-state index contributed by atoms with van der Waals surface area (Å²) in [6, 6.07) is 14.1. The van der Waals surface area contributed by atoms with Gasteiger partial charge < -0.3 is 34.6 Å². The van der Waals surface area contributed by atoms with Gasteiger partial charge in [0.25, 0.3) is 0 Å². The third kappa shape index (κ3) is 5.07. The van der Waals surface area contributed by atoms with Crippen LogP contribution in [0.15, 0.2) is 36.4 Å². The number of hydrogen-bond acceptors (Lipinski definition) is 8. The van der Waals surface area contributed by atoms with Crippen molar-refractivity contribution in [2.45, 2.75) is 68.2 Å². The summed E-state index contributed by atoms with van der Waals surface area (Å²) in [5.41, 5.74) is 4.01. The number of ether oxygens (including phenoxy) is 3. The van der Waals surface area contributed by atoms with Crippen molar-refractivity contribution in [3.05, 3.63) is 64.2 Å². The Morgan fingerprint density at radius 2 is 1.77 bits per heavy atom. The van der Waals surface area contributed by atoms with Crippen LogP contribution in [0.1, 0.15) is 59.1 Å². The van der Waals surface area contributed by atoms with Gasteiger partial charge >= 0.3 is 0 Å². The van der Waals surface area contributed by atoms with Crippen LogP contribution in [0.25, 0.3) is 0 Å². The molecule has 0 radical (unpaired) electrons. The second kappa shape index (κ2) is 10.2. The fraction of sp³-hybridized carbons (Fsp3) is 0.519. The zero-order valence-electron chi connectivity index (χ0n) is 19.4. The third-order valence-corrected chi connectivity index (χ3v) is 7.16. The summed E-state index contributed by atoms with van der Waals surface area (Å²) in [6.07, 6.45) is -3.11. The molecule has 3 fully saturated rings. The molecule has 0 spiro atoms. The lowest BCUT2D eigenvalue weighted by Gasteiger charge is -2.40. The van der Waals surface area contributed by atoms with Crippen LogP contribution in [0.4, 0.5) is 0 Å². The summed E-state index contributed by atoms with van der Waals surface area (Å²) in [5, 5.41) is 51.0. The largest absolute Gasteiger partial charge is 0.487 e. The Morgan fingerprint density at radius 3 is 2.40 bits per heavy atom. The van der Waals surface area contributed by atoms with E-state index in [4.69, 9.17) is 14.2 Å². The molecule has 186 valence electrons. The monoisotopic (exact) mass is 481 g/mol. The maximum Gasteiger partial charge on any atom is 0.127 e. The van der Waals surface area contributed by atoms with Crippen LogP contribution in [0.2, 0.25) is 0 Å². The van der Waals surface area contributed by atoms with Gasteiger partial charge in [-0.05, 0) is 54.0 Å². The van der Waals surface area contributed by atoms with Gasteiger partial charge in [-0.1, -0.05) is 24.3 Å². The molecule has 6 atom stereocenters. The lowest BCUT2D eigenvalue weighted by Crippen LogP contribution is -2.55. The number of benzene rings is 2. The minimum atomic E-state index is -1.51. The minimum Gasteiger partial charge on any atom is -0.487 e. The summed E-state index contributed by atoms with van der Waals surface area (Å²) < 4.78 is 17.4. The van der Waals surface area contributed by atoms with Gasteiger partial charge in [-0.3, -0.25) is 0 Å². The topological polar surface area (TPSA) is 132 Å². The fourth-order valence-electron chi connectivity index (χ4n) is 4.91. The molecule has 0 amide bonds. The zero-order chi connectivity index (χ0) is 24.5. The quantitative estimate of drug-likeness (QED) is 0.470. The third-order valence-electron chi connectivity index (χ3n) is 7.16. The molecule has 0 bridgehead atoms. The van der Waals surface area contributed by atoms with E-state index < -0.39 is 37.1 Å². The van der Waals surface area contributed by atoms with E-state index in [1.54, 1.807) is 12.1 Å². The Kier molecular flexibility index (Phi) is 7.07. The Hall–Kier alpha value is -2.51. The average Bonchev–Trinajstić information content (AvgIpc) is 3.60. The van der Waals surface area contributed by atoms with E-state index in [0.29, 0.717) is 48.8 Å². The van der Waals surface area contributed by atoms with E-state index in [2.05, 4.69) is 30.3 Å². The molecule has 3 aliphatic rings. The Balaban J connectivity index is 1.51. The van der Waals surface area contributed by atoms with Crippen molar-refractivity contribution in [3.63, 3.8) is 0 Å². The standard InChI is InChI=1S/C27H31NO7/c28-12-19-11-22(34-20-7-8-33-14-20)21(27-26(32)25(31)24(30)23(13-29)35-27)10-18(19)9-15-1-3-16(4-2-15)17-5-6-17/h1-4,10-11,17,20,23-27,29-32H,5-9,13-14H2/t20?,23-,24-,25+,26-,27+/m1/s1. The van der Waals surface area contributed by atoms with Crippen molar-refractivity contribution in [1.29, 1.82) is 5.26 Å². The van der Waals surface area contributed by atoms with Crippen LogP contribution < -0.4 is 4.74 Å². The first-order valence-electron chi connectivity index (χ1n) is 12.2. The Bertz CT molecular complexity index is 1070. The van der Waals surface area contributed by atoms with Gasteiger partial charge in [0, 0.05) is 12.0 Å². The summed E-state index contributed by atoms with van der Waals surface area (Å²) in [5.74, 6) is 1.02. The van der Waals surface area contributed by atoms with Crippen LogP contribution in [0.5, 0.6) is 5.75 Å². The van der Waals surface area contributed by atoms with Crippen LogP contribution >= 0.6 is 0 Å². The highest BCUT2D eigenvalue weighted by Crippen LogP contribution is 2.41. The van der Waals surface area contributed by atoms with Crippen LogP contribution in [-0.4, -0.2) is 70.8 Å². The number of rotatable bonds is 7. The number of aliphatic hydroxyl groups excluding tert-OH is 4. The van der Waals surface area contributed by atoms with Gasteiger partial charge in [0.15, 0.2) is 0 Å². The van der Waals surface area contributed by atoms with E-state index in [1.165, 1.54) is 18.4 Å². The van der Waals surface area contributed by atoms with E-state index in [9.17, 15) is 25.7 Å². The fourth-order valence-corrected chi connectivity index (χ4v) is 4.91. The first-order valence-corrected chi connectivity index (χ1v) is 12.2. The molecule has 8 heteroatoms. The average molecular weight is 482 g/mol. The van der Waals surface area contributed by atoms with Gasteiger partial charge in [-0.25, -0.2) is 0 Å². The summed E-state index contributed by atoms with van der Waals surface area (Å²) in [4.78, 5) is 0. The van der Waals surface area contributed by atoms with Crippen molar-refractivity contribution < 1.29 is 34.6 Å². The van der Waals surface area contributed by atoms with Gasteiger partial charge in [-0.15, -0.1) is 0 Å². The number of hydrogen-bond donors (Lipinski definition) is 4. The van der Waals surface area contributed by atoms with Crippen molar-refractivity contribution in [2.24, 2.45) is 0 Å². The van der Waals surface area contributed by atoms with E-state index in [-0.39, 0.29) is 6.10 Å². The van der Waals surface area contributed by atoms with Crippen molar-refractivity contribution in [3.8, 4) is 11.8 Å². The van der Waals surface area contributed by atoms with Gasteiger partial charge in [0.1, 0.15) is 42.4 Å². The second-order valence-corrected chi connectivity index (χ2v) is 9.70. The van der Waals surface area contributed by atoms with Crippen molar-refractivity contribution in [1.82, 2.24) is 0 Å². The first-order chi connectivity index (χ1) is 17.0. The van der Waals surface area contributed by atoms with Crippen LogP contribution in [-0.2, 0) is 15.9 Å². The molecule has 2 aliphatic heterocycles. The second-order valence-electron chi connectivity index (χ2n) is 9.70. The van der Waals surface area contributed by atoms with Crippen LogP contribution in [0.3, 0.4) is 0 Å². The zero-order valence-corrected chi connectivity index (χ0v) is 19.4. The number of aliphatic hydroxyl groups is 4. The van der Waals surface area contributed by atoms with Crippen molar-refractivity contribution >= 4 is 0 Å². The summed E-state index contributed by atoms with van der Waals surface area (Å²) in [6.45, 7) is 0.454. The van der Waals surface area contributed by atoms with E-state index >= 15 is 0 Å². The van der Waals surface area contributed by atoms with E-state index in [0.717, 1.165) is 11.1 Å². The SMILES string of the molecule is N#Cc1cc(OC2CCOC2)c([C@@H]2O[C@H](CO)[C@@H](O)[C@H](O)[C@H]2O)cc1Cc1ccc(C2CC2)cc1. The Morgan fingerprint density at radius 1 is 1.00 bits per heavy atom. The maximum atomic E-state index is 10.8. The van der Waals surface area contributed by atoms with Crippen LogP contribution in [0, 0.1) is 11.3 Å². The van der Waals surface area contributed by atoms with Gasteiger partial charge in [0.05, 0.1) is 31.5 Å². The lowest BCUT2D eigenvalue weighted by molar-refractivity contribution is -0.232.